The van der Waals surface area contributed by atoms with Crippen molar-refractivity contribution in [3.63, 3.8) is 0 Å². The van der Waals surface area contributed by atoms with Gasteiger partial charge in [0.2, 0.25) is 0 Å². The second kappa shape index (κ2) is 10.9. The molecule has 2 N–H and O–H groups in total. The Balaban J connectivity index is 1.49. The molecule has 0 aromatic heterocycles. The maximum absolute atomic E-state index is 12.5. The molecular formula is C32H37FN2O. The zero-order valence-electron chi connectivity index (χ0n) is 21.5. The number of anilines is 1. The summed E-state index contributed by atoms with van der Waals surface area (Å²) in [5.74, 6) is 0.899. The van der Waals surface area contributed by atoms with Gasteiger partial charge in [0.1, 0.15) is 11.9 Å². The molecule has 1 atom stereocenters. The third-order valence-electron chi connectivity index (χ3n) is 7.57. The van der Waals surface area contributed by atoms with E-state index in [4.69, 9.17) is 10.5 Å². The van der Waals surface area contributed by atoms with E-state index < -0.39 is 0 Å². The van der Waals surface area contributed by atoms with Gasteiger partial charge in [-0.2, -0.15) is 0 Å². The van der Waals surface area contributed by atoms with Crippen molar-refractivity contribution >= 4 is 16.8 Å². The van der Waals surface area contributed by atoms with Crippen molar-refractivity contribution in [2.24, 2.45) is 0 Å². The van der Waals surface area contributed by atoms with E-state index in [2.05, 4.69) is 73.3 Å². The summed E-state index contributed by atoms with van der Waals surface area (Å²) in [4.78, 5) is 2.30. The Hall–Kier alpha value is -3.11. The maximum Gasteiger partial charge on any atom is 0.119 e. The fourth-order valence-corrected chi connectivity index (χ4v) is 5.74. The van der Waals surface area contributed by atoms with Crippen LogP contribution < -0.4 is 10.5 Å². The van der Waals surface area contributed by atoms with Gasteiger partial charge in [0.05, 0.1) is 6.67 Å². The fourth-order valence-electron chi connectivity index (χ4n) is 5.74. The van der Waals surface area contributed by atoms with E-state index in [-0.39, 0.29) is 12.8 Å². The van der Waals surface area contributed by atoms with Gasteiger partial charge in [0.25, 0.3) is 0 Å². The number of halogens is 1. The van der Waals surface area contributed by atoms with Crippen molar-refractivity contribution < 1.29 is 9.13 Å². The quantitative estimate of drug-likeness (QED) is 0.367. The molecule has 3 aromatic carbocycles. The lowest BCUT2D eigenvalue weighted by atomic mass is 9.86. The predicted molar refractivity (Wildman–Crippen MR) is 148 cm³/mol. The molecule has 1 saturated heterocycles. The summed E-state index contributed by atoms with van der Waals surface area (Å²) in [5.41, 5.74) is 17.5. The lowest BCUT2D eigenvalue weighted by Crippen LogP contribution is -2.26. The number of nitrogens with zero attached hydrogens (tertiary/aromatic N) is 1. The number of alkyl halides is 1. The largest absolute Gasteiger partial charge is 0.489 e. The molecule has 5 rings (SSSR count). The van der Waals surface area contributed by atoms with Gasteiger partial charge in [-0.25, -0.2) is 0 Å². The van der Waals surface area contributed by atoms with Crippen LogP contribution in [0.15, 0.2) is 60.7 Å². The number of ether oxygens (including phenoxy) is 1. The molecular weight excluding hydrogens is 447 g/mol. The van der Waals surface area contributed by atoms with Crippen molar-refractivity contribution in [3.05, 3.63) is 94.0 Å². The van der Waals surface area contributed by atoms with E-state index in [1.165, 1.54) is 44.5 Å². The van der Waals surface area contributed by atoms with E-state index in [1.807, 2.05) is 6.07 Å². The number of fused-ring (bicyclic) bond motifs is 1. The molecule has 2 aliphatic rings. The topological polar surface area (TPSA) is 38.5 Å². The SMILES string of the molecule is Cc1ccc(C)c(C2=C(c3ccc(OC4CCN(CCCF)C4)cc3)c3ccc(N)cc3CCC2)c1. The standard InChI is InChI=1S/C32H37FN2O/c1-22-7-8-23(2)31(19-22)30-6-3-5-25-20-26(34)11-14-29(25)32(30)24-9-12-27(13-10-24)36-28-15-18-35(21-28)17-4-16-33/h7-14,19-20,28H,3-6,15-18,21,34H2,1-2H3. The van der Waals surface area contributed by atoms with Gasteiger partial charge in [-0.3, -0.25) is 9.29 Å². The van der Waals surface area contributed by atoms with Crippen molar-refractivity contribution in [3.8, 4) is 5.75 Å². The van der Waals surface area contributed by atoms with Gasteiger partial charge in [0.15, 0.2) is 0 Å². The summed E-state index contributed by atoms with van der Waals surface area (Å²) < 4.78 is 18.8. The van der Waals surface area contributed by atoms with E-state index in [9.17, 15) is 4.39 Å². The number of nitrogen functional groups attached to an aromatic ring is 1. The molecule has 0 saturated carbocycles. The van der Waals surface area contributed by atoms with Crippen LogP contribution in [0.2, 0.25) is 0 Å². The molecule has 0 radical (unpaired) electrons. The molecule has 36 heavy (non-hydrogen) atoms. The first-order valence-corrected chi connectivity index (χ1v) is 13.3. The minimum absolute atomic E-state index is 0.168. The third kappa shape index (κ3) is 5.34. The van der Waals surface area contributed by atoms with Gasteiger partial charge in [-0.1, -0.05) is 42.0 Å². The van der Waals surface area contributed by atoms with E-state index in [0.29, 0.717) is 6.42 Å². The number of allylic oxidation sites excluding steroid dienone is 1. The number of hydrogen-bond donors (Lipinski definition) is 1. The van der Waals surface area contributed by atoms with Crippen LogP contribution >= 0.6 is 0 Å². The zero-order chi connectivity index (χ0) is 25.1. The summed E-state index contributed by atoms with van der Waals surface area (Å²) in [6, 6.07) is 21.8. The molecule has 4 heteroatoms. The van der Waals surface area contributed by atoms with Crippen molar-refractivity contribution in [1.82, 2.24) is 4.90 Å². The Kier molecular flexibility index (Phi) is 7.43. The van der Waals surface area contributed by atoms with Crippen LogP contribution in [-0.2, 0) is 6.42 Å². The summed E-state index contributed by atoms with van der Waals surface area (Å²) in [6.07, 6.45) is 4.92. The molecule has 0 spiro atoms. The monoisotopic (exact) mass is 484 g/mol. The molecule has 3 nitrogen and oxygen atoms in total. The number of hydrogen-bond acceptors (Lipinski definition) is 3. The van der Waals surface area contributed by atoms with Gasteiger partial charge < -0.3 is 10.5 Å². The van der Waals surface area contributed by atoms with Crippen LogP contribution in [0.3, 0.4) is 0 Å². The van der Waals surface area contributed by atoms with Crippen LogP contribution in [0.25, 0.3) is 11.1 Å². The van der Waals surface area contributed by atoms with Crippen LogP contribution in [0.1, 0.15) is 59.1 Å². The van der Waals surface area contributed by atoms with Crippen molar-refractivity contribution in [2.75, 3.05) is 32.0 Å². The highest BCUT2D eigenvalue weighted by atomic mass is 19.1. The summed E-state index contributed by atoms with van der Waals surface area (Å²) in [6.45, 7) is 6.80. The average Bonchev–Trinajstić information content (AvgIpc) is 3.23. The lowest BCUT2D eigenvalue weighted by molar-refractivity contribution is 0.198. The molecule has 1 aliphatic carbocycles. The Morgan fingerprint density at radius 3 is 2.61 bits per heavy atom. The van der Waals surface area contributed by atoms with Gasteiger partial charge in [-0.05, 0) is 109 Å². The van der Waals surface area contributed by atoms with Gasteiger partial charge in [-0.15, -0.1) is 0 Å². The molecule has 0 amide bonds. The van der Waals surface area contributed by atoms with Crippen LogP contribution in [0.5, 0.6) is 5.75 Å². The van der Waals surface area contributed by atoms with Crippen molar-refractivity contribution in [1.29, 1.82) is 0 Å². The zero-order valence-corrected chi connectivity index (χ0v) is 21.5. The number of benzene rings is 3. The molecule has 1 fully saturated rings. The first-order chi connectivity index (χ1) is 17.5. The van der Waals surface area contributed by atoms with E-state index >= 15 is 0 Å². The van der Waals surface area contributed by atoms with Crippen LogP contribution in [0, 0.1) is 13.8 Å². The number of rotatable bonds is 7. The summed E-state index contributed by atoms with van der Waals surface area (Å²) in [5, 5.41) is 0. The summed E-state index contributed by atoms with van der Waals surface area (Å²) in [7, 11) is 0. The van der Waals surface area contributed by atoms with Gasteiger partial charge >= 0.3 is 0 Å². The second-order valence-electron chi connectivity index (χ2n) is 10.3. The van der Waals surface area contributed by atoms with E-state index in [1.54, 1.807) is 0 Å². The number of nitrogens with two attached hydrogens (primary N) is 1. The molecule has 1 heterocycles. The Morgan fingerprint density at radius 2 is 1.81 bits per heavy atom. The Labute approximate surface area is 214 Å². The summed E-state index contributed by atoms with van der Waals surface area (Å²) >= 11 is 0. The minimum Gasteiger partial charge on any atom is -0.489 e. The molecule has 0 bridgehead atoms. The van der Waals surface area contributed by atoms with Crippen LogP contribution in [-0.4, -0.2) is 37.3 Å². The number of likely N-dealkylation sites (tertiary alicyclic amines) is 1. The van der Waals surface area contributed by atoms with Crippen molar-refractivity contribution in [2.45, 2.75) is 52.1 Å². The maximum atomic E-state index is 12.5. The Bertz CT molecular complexity index is 1250. The number of aryl methyl sites for hydroxylation is 3. The molecule has 1 unspecified atom stereocenters. The smallest absolute Gasteiger partial charge is 0.119 e. The lowest BCUT2D eigenvalue weighted by Gasteiger charge is -2.20. The van der Waals surface area contributed by atoms with Crippen LogP contribution in [0.4, 0.5) is 10.1 Å². The highest BCUT2D eigenvalue weighted by Crippen LogP contribution is 2.41. The highest BCUT2D eigenvalue weighted by molar-refractivity contribution is 6.00. The van der Waals surface area contributed by atoms with E-state index in [0.717, 1.165) is 56.8 Å². The first kappa shape index (κ1) is 24.6. The minimum atomic E-state index is -0.251. The highest BCUT2D eigenvalue weighted by Gasteiger charge is 2.24. The molecule has 1 aliphatic heterocycles. The Morgan fingerprint density at radius 1 is 0.972 bits per heavy atom. The van der Waals surface area contributed by atoms with Gasteiger partial charge in [0, 0.05) is 25.3 Å². The predicted octanol–water partition coefficient (Wildman–Crippen LogP) is 6.99. The molecule has 188 valence electrons. The third-order valence-corrected chi connectivity index (χ3v) is 7.57. The molecule has 3 aromatic rings. The normalized spacial score (nSPS) is 18.2. The fraction of sp³-hybridized carbons (Fsp3) is 0.375. The second-order valence-corrected chi connectivity index (χ2v) is 10.3. The average molecular weight is 485 g/mol. The first-order valence-electron chi connectivity index (χ1n) is 13.3.